The first kappa shape index (κ1) is 18.6. The van der Waals surface area contributed by atoms with Crippen molar-refractivity contribution in [1.82, 2.24) is 14.8 Å². The average molecular weight is 396 g/mol. The molecule has 3 aromatic carbocycles. The number of aromatic nitrogens is 3. The number of nitrogens with one attached hydrogen (secondary N) is 1. The van der Waals surface area contributed by atoms with Crippen LogP contribution in [0.25, 0.3) is 22.2 Å². The van der Waals surface area contributed by atoms with Crippen molar-refractivity contribution in [1.29, 1.82) is 0 Å². The van der Waals surface area contributed by atoms with Crippen molar-refractivity contribution < 1.29 is 4.79 Å². The molecule has 4 aromatic rings. The fourth-order valence-corrected chi connectivity index (χ4v) is 4.17. The summed E-state index contributed by atoms with van der Waals surface area (Å²) in [5.41, 5.74) is 2.77. The second-order valence-electron chi connectivity index (χ2n) is 7.89. The molecule has 1 amide bonds. The van der Waals surface area contributed by atoms with Crippen molar-refractivity contribution in [2.75, 3.05) is 5.32 Å². The van der Waals surface area contributed by atoms with Crippen LogP contribution in [0.3, 0.4) is 0 Å². The van der Waals surface area contributed by atoms with E-state index in [1.54, 1.807) is 0 Å². The predicted molar refractivity (Wildman–Crippen MR) is 119 cm³/mol. The maximum Gasteiger partial charge on any atom is 0.228 e. The summed E-state index contributed by atoms with van der Waals surface area (Å²) in [5.74, 6) is 1.92. The average Bonchev–Trinajstić information content (AvgIpc) is 3.02. The van der Waals surface area contributed by atoms with Crippen molar-refractivity contribution in [3.8, 4) is 11.4 Å². The van der Waals surface area contributed by atoms with E-state index >= 15 is 0 Å². The summed E-state index contributed by atoms with van der Waals surface area (Å²) in [4.78, 5) is 12.6. The van der Waals surface area contributed by atoms with E-state index in [2.05, 4.69) is 44.3 Å². The van der Waals surface area contributed by atoms with Crippen LogP contribution in [0, 0.1) is 0 Å². The van der Waals surface area contributed by atoms with E-state index in [1.165, 1.54) is 18.2 Å². The van der Waals surface area contributed by atoms with E-state index in [0.29, 0.717) is 6.42 Å². The van der Waals surface area contributed by atoms with E-state index in [1.807, 2.05) is 42.5 Å². The fourth-order valence-electron chi connectivity index (χ4n) is 4.17. The Balaban J connectivity index is 1.33. The molecule has 0 saturated carbocycles. The number of nitrogens with zero attached hydrogens (tertiary/aromatic N) is 3. The van der Waals surface area contributed by atoms with Crippen molar-refractivity contribution >= 4 is 22.4 Å². The molecule has 5 nitrogen and oxygen atoms in total. The number of hydrogen-bond donors (Lipinski definition) is 1. The van der Waals surface area contributed by atoms with E-state index in [9.17, 15) is 4.79 Å². The first-order valence-electron chi connectivity index (χ1n) is 10.6. The Kier molecular flexibility index (Phi) is 5.01. The monoisotopic (exact) mass is 396 g/mol. The summed E-state index contributed by atoms with van der Waals surface area (Å²) in [6.07, 6.45) is 4.88. The Hall–Kier alpha value is -3.47. The van der Waals surface area contributed by atoms with Crippen LogP contribution in [-0.2, 0) is 24.2 Å². The quantitative estimate of drug-likeness (QED) is 0.528. The Morgan fingerprint density at radius 3 is 2.73 bits per heavy atom. The number of aryl methyl sites for hydroxylation is 1. The van der Waals surface area contributed by atoms with Gasteiger partial charge in [-0.05, 0) is 41.3 Å². The molecule has 0 atom stereocenters. The molecular formula is C25H24N4O. The van der Waals surface area contributed by atoms with Crippen molar-refractivity contribution in [2.24, 2.45) is 0 Å². The second-order valence-corrected chi connectivity index (χ2v) is 7.89. The van der Waals surface area contributed by atoms with Gasteiger partial charge in [0, 0.05) is 24.2 Å². The van der Waals surface area contributed by atoms with Crippen LogP contribution in [0.1, 0.15) is 30.7 Å². The van der Waals surface area contributed by atoms with Crippen LogP contribution < -0.4 is 5.32 Å². The number of rotatable bonds is 4. The Labute approximate surface area is 175 Å². The molecular weight excluding hydrogens is 372 g/mol. The lowest BCUT2D eigenvalue weighted by atomic mass is 10.0. The Morgan fingerprint density at radius 2 is 1.80 bits per heavy atom. The maximum absolute atomic E-state index is 12.6. The highest BCUT2D eigenvalue weighted by Gasteiger charge is 2.16. The van der Waals surface area contributed by atoms with Gasteiger partial charge in [0.25, 0.3) is 0 Å². The number of fused-ring (bicyclic) bond motifs is 2. The molecule has 0 spiro atoms. The molecule has 0 radical (unpaired) electrons. The number of amides is 1. The van der Waals surface area contributed by atoms with Crippen molar-refractivity contribution in [2.45, 2.75) is 38.6 Å². The van der Waals surface area contributed by atoms with Crippen LogP contribution in [-0.4, -0.2) is 20.7 Å². The summed E-state index contributed by atoms with van der Waals surface area (Å²) in [5, 5.41) is 14.2. The molecule has 5 rings (SSSR count). The third-order valence-electron chi connectivity index (χ3n) is 5.69. The Bertz CT molecular complexity index is 1210. The molecule has 1 aliphatic rings. The number of anilines is 1. The van der Waals surface area contributed by atoms with Crippen LogP contribution in [0.2, 0.25) is 0 Å². The molecule has 2 heterocycles. The first-order chi connectivity index (χ1) is 14.8. The van der Waals surface area contributed by atoms with Gasteiger partial charge >= 0.3 is 0 Å². The van der Waals surface area contributed by atoms with Crippen LogP contribution in [0.15, 0.2) is 66.7 Å². The smallest absolute Gasteiger partial charge is 0.228 e. The molecule has 1 aromatic heterocycles. The topological polar surface area (TPSA) is 59.8 Å². The van der Waals surface area contributed by atoms with E-state index < -0.39 is 0 Å². The molecule has 0 bridgehead atoms. The van der Waals surface area contributed by atoms with Gasteiger partial charge in [0.15, 0.2) is 5.82 Å². The largest absolute Gasteiger partial charge is 0.326 e. The highest BCUT2D eigenvalue weighted by Crippen LogP contribution is 2.25. The second kappa shape index (κ2) is 8.11. The lowest BCUT2D eigenvalue weighted by molar-refractivity contribution is -0.115. The normalized spacial score (nSPS) is 13.6. The highest BCUT2D eigenvalue weighted by molar-refractivity contribution is 5.93. The fraction of sp³-hybridized carbons (Fsp3) is 0.240. The molecule has 5 heteroatoms. The molecule has 1 aliphatic heterocycles. The zero-order valence-corrected chi connectivity index (χ0v) is 16.8. The highest BCUT2D eigenvalue weighted by atomic mass is 16.1. The van der Waals surface area contributed by atoms with Gasteiger partial charge < -0.3 is 9.88 Å². The van der Waals surface area contributed by atoms with E-state index in [4.69, 9.17) is 0 Å². The van der Waals surface area contributed by atoms with Crippen molar-refractivity contribution in [3.05, 3.63) is 78.1 Å². The molecule has 1 N–H and O–H groups in total. The number of carbonyl (C=O) groups excluding carboxylic acids is 1. The van der Waals surface area contributed by atoms with Crippen LogP contribution in [0.5, 0.6) is 0 Å². The van der Waals surface area contributed by atoms with Gasteiger partial charge in [-0.3, -0.25) is 4.79 Å². The zero-order chi connectivity index (χ0) is 20.3. The van der Waals surface area contributed by atoms with Gasteiger partial charge in [-0.2, -0.15) is 0 Å². The van der Waals surface area contributed by atoms with Gasteiger partial charge in [-0.1, -0.05) is 61.0 Å². The van der Waals surface area contributed by atoms with Crippen LogP contribution >= 0.6 is 0 Å². The number of hydrogen-bond acceptors (Lipinski definition) is 3. The standard InChI is InChI=1S/C25H24N4O/c30-24(16-18-12-13-19-7-3-4-8-20(19)15-18)26-22-10-6-9-21(17-22)25-28-27-23-11-2-1-5-14-29(23)25/h3-4,6-10,12-13,15,17H,1-2,5,11,14,16H2,(H,26,30). The van der Waals surface area contributed by atoms with E-state index in [-0.39, 0.29) is 5.91 Å². The van der Waals surface area contributed by atoms with Gasteiger partial charge in [-0.15, -0.1) is 10.2 Å². The zero-order valence-electron chi connectivity index (χ0n) is 16.8. The SMILES string of the molecule is O=C(Cc1ccc2ccccc2c1)Nc1cccc(-c2nnc3n2CCCCC3)c1. The van der Waals surface area contributed by atoms with E-state index in [0.717, 1.165) is 53.2 Å². The minimum absolute atomic E-state index is 0.0255. The number of benzene rings is 3. The minimum atomic E-state index is -0.0255. The van der Waals surface area contributed by atoms with Crippen LogP contribution in [0.4, 0.5) is 5.69 Å². The lowest BCUT2D eigenvalue weighted by Gasteiger charge is -2.10. The summed E-state index contributed by atoms with van der Waals surface area (Å²) in [7, 11) is 0. The minimum Gasteiger partial charge on any atom is -0.326 e. The molecule has 0 aliphatic carbocycles. The lowest BCUT2D eigenvalue weighted by Crippen LogP contribution is -2.14. The molecule has 0 fully saturated rings. The predicted octanol–water partition coefficient (Wildman–Crippen LogP) is 5.01. The summed E-state index contributed by atoms with van der Waals surface area (Å²) in [6, 6.07) is 22.2. The molecule has 30 heavy (non-hydrogen) atoms. The third-order valence-corrected chi connectivity index (χ3v) is 5.69. The van der Waals surface area contributed by atoms with Gasteiger partial charge in [-0.25, -0.2) is 0 Å². The summed E-state index contributed by atoms with van der Waals surface area (Å²) >= 11 is 0. The first-order valence-corrected chi connectivity index (χ1v) is 10.6. The molecule has 0 saturated heterocycles. The molecule has 0 unspecified atom stereocenters. The Morgan fingerprint density at radius 1 is 0.900 bits per heavy atom. The number of carbonyl (C=O) groups is 1. The van der Waals surface area contributed by atoms with Gasteiger partial charge in [0.1, 0.15) is 5.82 Å². The van der Waals surface area contributed by atoms with Gasteiger partial charge in [0.05, 0.1) is 6.42 Å². The van der Waals surface area contributed by atoms with Gasteiger partial charge in [0.2, 0.25) is 5.91 Å². The third kappa shape index (κ3) is 3.83. The molecule has 150 valence electrons. The summed E-state index contributed by atoms with van der Waals surface area (Å²) < 4.78 is 2.23. The summed E-state index contributed by atoms with van der Waals surface area (Å²) in [6.45, 7) is 0.955. The van der Waals surface area contributed by atoms with Crippen molar-refractivity contribution in [3.63, 3.8) is 0 Å². The maximum atomic E-state index is 12.6.